The summed E-state index contributed by atoms with van der Waals surface area (Å²) in [6.45, 7) is 0. The van der Waals surface area contributed by atoms with Crippen molar-refractivity contribution < 1.29 is 30.8 Å². The van der Waals surface area contributed by atoms with Gasteiger partial charge in [0.25, 0.3) is 10.0 Å². The Bertz CT molecular complexity index is 869. The minimum absolute atomic E-state index is 0.0665. The number of anilines is 1. The molecule has 0 saturated heterocycles. The summed E-state index contributed by atoms with van der Waals surface area (Å²) in [6, 6.07) is 2.37. The van der Waals surface area contributed by atoms with Gasteiger partial charge in [-0.1, -0.05) is 0 Å². The number of carbonyl (C=O) groups is 1. The highest BCUT2D eigenvalue weighted by Crippen LogP contribution is 2.49. The molecule has 0 spiro atoms. The summed E-state index contributed by atoms with van der Waals surface area (Å²) in [4.78, 5) is 16.4. The van der Waals surface area contributed by atoms with E-state index in [1.54, 1.807) is 0 Å². The van der Waals surface area contributed by atoms with Crippen LogP contribution in [-0.4, -0.2) is 31.2 Å². The van der Waals surface area contributed by atoms with Crippen LogP contribution in [0.5, 0.6) is 0 Å². The van der Waals surface area contributed by atoms with Crippen LogP contribution in [0.1, 0.15) is 44.9 Å². The number of hydrogen-bond donors (Lipinski definition) is 2. The monoisotopic (exact) mass is 437 g/mol. The Morgan fingerprint density at radius 3 is 2.34 bits per heavy atom. The average Bonchev–Trinajstić information content (AvgIpc) is 2.61. The number of nitrogens with one attached hydrogen (secondary N) is 1. The fourth-order valence-corrected chi connectivity index (χ4v) is 4.87. The lowest BCUT2D eigenvalue weighted by atomic mass is 9.66. The molecule has 2 aliphatic rings. The Balaban J connectivity index is 1.78. The summed E-state index contributed by atoms with van der Waals surface area (Å²) in [6.07, 6.45) is -0.0497. The summed E-state index contributed by atoms with van der Waals surface area (Å²) < 4.78 is 77.8. The van der Waals surface area contributed by atoms with Crippen molar-refractivity contribution in [3.8, 4) is 0 Å². The summed E-state index contributed by atoms with van der Waals surface area (Å²) in [5, 5.41) is 7.02. The van der Waals surface area contributed by atoms with Crippen LogP contribution in [0.3, 0.4) is 0 Å². The van der Waals surface area contributed by atoms with E-state index in [1.165, 1.54) is 6.07 Å². The van der Waals surface area contributed by atoms with Gasteiger partial charge in [-0.25, -0.2) is 36.1 Å². The van der Waals surface area contributed by atoms with Crippen LogP contribution in [0.25, 0.3) is 0 Å². The Kier molecular flexibility index (Phi) is 5.92. The van der Waals surface area contributed by atoms with Crippen molar-refractivity contribution in [1.29, 1.82) is 0 Å². The van der Waals surface area contributed by atoms with E-state index in [4.69, 9.17) is 5.14 Å². The van der Waals surface area contributed by atoms with Crippen LogP contribution < -0.4 is 10.5 Å². The molecule has 3 rings (SSSR count). The van der Waals surface area contributed by atoms with E-state index < -0.39 is 51.1 Å². The second kappa shape index (κ2) is 7.82. The maximum atomic E-state index is 14.0. The first-order valence-electron chi connectivity index (χ1n) is 9.42. The van der Waals surface area contributed by atoms with Gasteiger partial charge in [0.15, 0.2) is 5.03 Å². The summed E-state index contributed by atoms with van der Waals surface area (Å²) in [5.74, 6) is -8.14. The molecule has 1 aromatic rings. The Labute approximate surface area is 166 Å². The number of sulfonamides is 1. The van der Waals surface area contributed by atoms with Gasteiger partial charge in [0.1, 0.15) is 0 Å². The molecule has 1 amide bonds. The lowest BCUT2D eigenvalue weighted by Gasteiger charge is -2.42. The standard InChI is InChI=1S/C18H23F4N3O3S/c19-17(20)5-1-11(2-6-17)13-3-7-18(21,22)10-14(13)16(26)25-12-4-8-24-15(9-12)29(23,27)28/h4,8-9,11,13-14H,1-3,5-7,10H2,(H2,23,27,28)(H,24,25,26). The van der Waals surface area contributed by atoms with Crippen LogP contribution in [-0.2, 0) is 14.8 Å². The number of hydrogen-bond acceptors (Lipinski definition) is 4. The third-order valence-electron chi connectivity index (χ3n) is 5.88. The number of alkyl halides is 4. The van der Waals surface area contributed by atoms with Crippen LogP contribution in [0.2, 0.25) is 0 Å². The summed E-state index contributed by atoms with van der Waals surface area (Å²) in [5.41, 5.74) is 0.0665. The summed E-state index contributed by atoms with van der Waals surface area (Å²) >= 11 is 0. The number of halogens is 4. The van der Waals surface area contributed by atoms with E-state index in [1.807, 2.05) is 0 Å². The molecule has 1 heterocycles. The van der Waals surface area contributed by atoms with Gasteiger partial charge in [-0.15, -0.1) is 0 Å². The predicted molar refractivity (Wildman–Crippen MR) is 96.9 cm³/mol. The first kappa shape index (κ1) is 21.9. The lowest BCUT2D eigenvalue weighted by Crippen LogP contribution is -2.43. The highest BCUT2D eigenvalue weighted by Gasteiger charge is 2.48. The van der Waals surface area contributed by atoms with Gasteiger partial charge >= 0.3 is 0 Å². The lowest BCUT2D eigenvalue weighted by molar-refractivity contribution is -0.136. The minimum atomic E-state index is -4.10. The van der Waals surface area contributed by atoms with Gasteiger partial charge in [-0.2, -0.15) is 0 Å². The molecule has 3 N–H and O–H groups in total. The molecule has 162 valence electrons. The molecule has 2 fully saturated rings. The SMILES string of the molecule is NS(=O)(=O)c1cc(NC(=O)C2CC(F)(F)CCC2C2CCC(F)(F)CC2)ccn1. The van der Waals surface area contributed by atoms with Gasteiger partial charge < -0.3 is 5.32 Å². The number of primary sulfonamides is 1. The van der Waals surface area contributed by atoms with Crippen LogP contribution in [0.15, 0.2) is 23.4 Å². The van der Waals surface area contributed by atoms with Crippen molar-refractivity contribution in [3.05, 3.63) is 18.3 Å². The number of pyridine rings is 1. The zero-order valence-electron chi connectivity index (χ0n) is 15.6. The molecule has 0 aromatic carbocycles. The van der Waals surface area contributed by atoms with Gasteiger partial charge in [-0.05, 0) is 37.2 Å². The third-order valence-corrected chi connectivity index (χ3v) is 6.68. The third kappa shape index (κ3) is 5.44. The van der Waals surface area contributed by atoms with E-state index >= 15 is 0 Å². The highest BCUT2D eigenvalue weighted by atomic mass is 32.2. The number of nitrogens with zero attached hydrogens (tertiary/aromatic N) is 1. The normalized spacial score (nSPS) is 27.3. The molecular formula is C18H23F4N3O3S. The van der Waals surface area contributed by atoms with Crippen molar-refractivity contribution in [2.24, 2.45) is 22.9 Å². The maximum Gasteiger partial charge on any atom is 0.255 e. The molecule has 11 heteroatoms. The quantitative estimate of drug-likeness (QED) is 0.704. The van der Waals surface area contributed by atoms with Crippen molar-refractivity contribution in [2.75, 3.05) is 5.32 Å². The second-order valence-corrected chi connectivity index (χ2v) is 9.49. The number of nitrogens with two attached hydrogens (primary N) is 1. The molecule has 2 saturated carbocycles. The second-order valence-electron chi connectivity index (χ2n) is 7.98. The molecule has 6 nitrogen and oxygen atoms in total. The fraction of sp³-hybridized carbons (Fsp3) is 0.667. The van der Waals surface area contributed by atoms with Crippen molar-refractivity contribution in [2.45, 2.75) is 61.8 Å². The predicted octanol–water partition coefficient (Wildman–Crippen LogP) is 3.54. The molecule has 2 unspecified atom stereocenters. The van der Waals surface area contributed by atoms with E-state index in [0.29, 0.717) is 0 Å². The molecule has 2 atom stereocenters. The Morgan fingerprint density at radius 1 is 1.10 bits per heavy atom. The number of carbonyl (C=O) groups excluding carboxylic acids is 1. The first-order valence-corrected chi connectivity index (χ1v) is 11.0. The zero-order chi connectivity index (χ0) is 21.4. The van der Waals surface area contributed by atoms with Crippen LogP contribution in [0, 0.1) is 17.8 Å². The smallest absolute Gasteiger partial charge is 0.255 e. The molecule has 0 aliphatic heterocycles. The number of rotatable bonds is 4. The topological polar surface area (TPSA) is 102 Å². The Hall–Kier alpha value is -1.75. The number of aromatic nitrogens is 1. The van der Waals surface area contributed by atoms with E-state index in [9.17, 15) is 30.8 Å². The fourth-order valence-electron chi connectivity index (χ4n) is 4.37. The Morgan fingerprint density at radius 2 is 1.72 bits per heavy atom. The van der Waals surface area contributed by atoms with Crippen molar-refractivity contribution in [1.82, 2.24) is 4.98 Å². The minimum Gasteiger partial charge on any atom is -0.326 e. The van der Waals surface area contributed by atoms with E-state index in [-0.39, 0.29) is 50.1 Å². The van der Waals surface area contributed by atoms with Crippen LogP contribution in [0.4, 0.5) is 23.2 Å². The molecule has 29 heavy (non-hydrogen) atoms. The van der Waals surface area contributed by atoms with Gasteiger partial charge in [0.05, 0.1) is 0 Å². The largest absolute Gasteiger partial charge is 0.326 e. The first-order chi connectivity index (χ1) is 13.4. The van der Waals surface area contributed by atoms with E-state index in [2.05, 4.69) is 10.3 Å². The molecule has 0 radical (unpaired) electrons. The number of amides is 1. The molecular weight excluding hydrogens is 414 g/mol. The molecule has 2 aliphatic carbocycles. The molecule has 0 bridgehead atoms. The van der Waals surface area contributed by atoms with Gasteiger partial charge in [0.2, 0.25) is 17.8 Å². The summed E-state index contributed by atoms with van der Waals surface area (Å²) in [7, 11) is -4.10. The van der Waals surface area contributed by atoms with Crippen molar-refractivity contribution >= 4 is 21.6 Å². The highest BCUT2D eigenvalue weighted by molar-refractivity contribution is 7.89. The maximum absolute atomic E-state index is 14.0. The van der Waals surface area contributed by atoms with E-state index in [0.717, 1.165) is 12.3 Å². The van der Waals surface area contributed by atoms with Gasteiger partial charge in [-0.3, -0.25) is 4.79 Å². The average molecular weight is 437 g/mol. The molecule has 1 aromatic heterocycles. The van der Waals surface area contributed by atoms with Crippen LogP contribution >= 0.6 is 0 Å². The zero-order valence-corrected chi connectivity index (χ0v) is 16.4. The van der Waals surface area contributed by atoms with Gasteiger partial charge in [0, 0.05) is 49.6 Å². The van der Waals surface area contributed by atoms with Crippen molar-refractivity contribution in [3.63, 3.8) is 0 Å².